The van der Waals surface area contributed by atoms with Gasteiger partial charge in [0.15, 0.2) is 0 Å². The molecule has 4 nitrogen and oxygen atoms in total. The van der Waals surface area contributed by atoms with E-state index in [4.69, 9.17) is 28.9 Å². The molecule has 2 aromatic rings. The molecule has 0 aliphatic heterocycles. The number of benzene rings is 1. The number of rotatable bonds is 3. The van der Waals surface area contributed by atoms with Gasteiger partial charge in [0.05, 0.1) is 0 Å². The average Bonchev–Trinajstić information content (AvgIpc) is 2.68. The third-order valence-corrected chi connectivity index (χ3v) is 3.14. The fraction of sp³-hybridized carbons (Fsp3) is 0.273. The molecule has 17 heavy (non-hydrogen) atoms. The Hall–Kier alpha value is -1.10. The second kappa shape index (κ2) is 5.04. The molecular formula is C11H12Cl2N4. The van der Waals surface area contributed by atoms with Gasteiger partial charge in [-0.2, -0.15) is 5.10 Å². The Morgan fingerprint density at radius 1 is 1.41 bits per heavy atom. The number of halogens is 2. The van der Waals surface area contributed by atoms with Crippen molar-refractivity contribution in [1.82, 2.24) is 14.8 Å². The van der Waals surface area contributed by atoms with E-state index in [0.717, 1.165) is 11.4 Å². The Bertz CT molecular complexity index is 524. The second-order valence-electron chi connectivity index (χ2n) is 3.78. The highest BCUT2D eigenvalue weighted by Gasteiger charge is 2.14. The summed E-state index contributed by atoms with van der Waals surface area (Å²) in [7, 11) is 1.83. The largest absolute Gasteiger partial charge is 0.324 e. The number of nitrogens with zero attached hydrogens (tertiary/aromatic N) is 3. The first-order valence-electron chi connectivity index (χ1n) is 5.11. The van der Waals surface area contributed by atoms with Crippen LogP contribution in [-0.2, 0) is 13.5 Å². The van der Waals surface area contributed by atoms with Crippen LogP contribution in [0, 0.1) is 0 Å². The maximum atomic E-state index is 6.10. The van der Waals surface area contributed by atoms with Crippen molar-refractivity contribution in [1.29, 1.82) is 0 Å². The minimum atomic E-state index is -0.246. The summed E-state index contributed by atoms with van der Waals surface area (Å²) in [6.45, 7) is 0. The van der Waals surface area contributed by atoms with E-state index >= 15 is 0 Å². The molecule has 90 valence electrons. The van der Waals surface area contributed by atoms with E-state index in [-0.39, 0.29) is 6.04 Å². The fourth-order valence-electron chi connectivity index (χ4n) is 1.61. The molecule has 2 N–H and O–H groups in total. The second-order valence-corrected chi connectivity index (χ2v) is 4.62. The van der Waals surface area contributed by atoms with Crippen LogP contribution in [0.3, 0.4) is 0 Å². The van der Waals surface area contributed by atoms with Gasteiger partial charge >= 0.3 is 0 Å². The van der Waals surface area contributed by atoms with Crippen LogP contribution < -0.4 is 5.73 Å². The smallest absolute Gasteiger partial charge is 0.138 e. The number of hydrogen-bond acceptors (Lipinski definition) is 3. The van der Waals surface area contributed by atoms with Gasteiger partial charge in [0.25, 0.3) is 0 Å². The monoisotopic (exact) mass is 270 g/mol. The Balaban J connectivity index is 2.23. The minimum Gasteiger partial charge on any atom is -0.324 e. The topological polar surface area (TPSA) is 56.7 Å². The van der Waals surface area contributed by atoms with Gasteiger partial charge in [0.1, 0.15) is 12.2 Å². The number of hydrogen-bond donors (Lipinski definition) is 1. The molecule has 0 fully saturated rings. The Morgan fingerprint density at radius 3 is 2.82 bits per heavy atom. The van der Waals surface area contributed by atoms with Crippen molar-refractivity contribution in [2.45, 2.75) is 12.5 Å². The lowest BCUT2D eigenvalue weighted by atomic mass is 10.0. The van der Waals surface area contributed by atoms with E-state index in [2.05, 4.69) is 10.1 Å². The van der Waals surface area contributed by atoms with E-state index in [1.807, 2.05) is 7.05 Å². The Morgan fingerprint density at radius 2 is 2.18 bits per heavy atom. The van der Waals surface area contributed by atoms with Gasteiger partial charge in [-0.1, -0.05) is 23.2 Å². The van der Waals surface area contributed by atoms with Gasteiger partial charge in [0, 0.05) is 29.6 Å². The molecule has 0 spiro atoms. The van der Waals surface area contributed by atoms with Gasteiger partial charge in [-0.15, -0.1) is 0 Å². The lowest BCUT2D eigenvalue weighted by Gasteiger charge is -2.13. The summed E-state index contributed by atoms with van der Waals surface area (Å²) in [6.07, 6.45) is 2.07. The van der Waals surface area contributed by atoms with Crippen molar-refractivity contribution in [2.75, 3.05) is 0 Å². The minimum absolute atomic E-state index is 0.246. The third kappa shape index (κ3) is 2.77. The van der Waals surface area contributed by atoms with Crippen LogP contribution in [0.15, 0.2) is 24.5 Å². The molecule has 2 rings (SSSR count). The first kappa shape index (κ1) is 12.4. The fourth-order valence-corrected chi connectivity index (χ4v) is 2.05. The highest BCUT2D eigenvalue weighted by Crippen LogP contribution is 2.26. The first-order chi connectivity index (χ1) is 8.08. The van der Waals surface area contributed by atoms with E-state index < -0.39 is 0 Å². The molecular weight excluding hydrogens is 259 g/mol. The molecule has 6 heteroatoms. The average molecular weight is 271 g/mol. The zero-order chi connectivity index (χ0) is 12.4. The maximum Gasteiger partial charge on any atom is 0.138 e. The number of aryl methyl sites for hydroxylation is 1. The predicted molar refractivity (Wildman–Crippen MR) is 68.1 cm³/mol. The van der Waals surface area contributed by atoms with Gasteiger partial charge in [-0.25, -0.2) is 4.98 Å². The van der Waals surface area contributed by atoms with Crippen molar-refractivity contribution in [3.8, 4) is 0 Å². The summed E-state index contributed by atoms with van der Waals surface area (Å²) in [5.41, 5.74) is 6.92. The van der Waals surface area contributed by atoms with Crippen LogP contribution in [0.1, 0.15) is 17.4 Å². The summed E-state index contributed by atoms with van der Waals surface area (Å²) in [5.74, 6) is 0.813. The zero-order valence-corrected chi connectivity index (χ0v) is 10.8. The summed E-state index contributed by atoms with van der Waals surface area (Å²) >= 11 is 12.0. The van der Waals surface area contributed by atoms with Crippen LogP contribution in [0.25, 0.3) is 0 Å². The van der Waals surface area contributed by atoms with E-state index in [1.54, 1.807) is 22.9 Å². The molecule has 0 aliphatic rings. The quantitative estimate of drug-likeness (QED) is 0.932. The molecule has 0 bridgehead atoms. The first-order valence-corrected chi connectivity index (χ1v) is 5.87. The SMILES string of the molecule is Cn1ncnc1CC(N)c1cc(Cl)ccc1Cl. The van der Waals surface area contributed by atoms with Crippen molar-refractivity contribution in [2.24, 2.45) is 12.8 Å². The summed E-state index contributed by atoms with van der Waals surface area (Å²) < 4.78 is 1.69. The van der Waals surface area contributed by atoms with Crippen molar-refractivity contribution in [3.63, 3.8) is 0 Å². The van der Waals surface area contributed by atoms with Crippen molar-refractivity contribution < 1.29 is 0 Å². The van der Waals surface area contributed by atoms with E-state index in [0.29, 0.717) is 16.5 Å². The molecule has 1 heterocycles. The standard InChI is InChI=1S/C11H12Cl2N4/c1-17-11(15-6-16-17)5-10(14)8-4-7(12)2-3-9(8)13/h2-4,6,10H,5,14H2,1H3. The Labute approximate surface area is 109 Å². The van der Waals surface area contributed by atoms with Crippen molar-refractivity contribution in [3.05, 3.63) is 46.0 Å². The van der Waals surface area contributed by atoms with Crippen LogP contribution in [-0.4, -0.2) is 14.8 Å². The molecule has 0 radical (unpaired) electrons. The molecule has 0 saturated heterocycles. The van der Waals surface area contributed by atoms with Crippen LogP contribution >= 0.6 is 23.2 Å². The third-order valence-electron chi connectivity index (χ3n) is 2.57. The molecule has 0 saturated carbocycles. The van der Waals surface area contributed by atoms with Gasteiger partial charge < -0.3 is 5.73 Å². The summed E-state index contributed by atoms with van der Waals surface area (Å²) in [4.78, 5) is 4.13. The number of nitrogens with two attached hydrogens (primary N) is 1. The molecule has 1 aromatic heterocycles. The molecule has 1 unspecified atom stereocenters. The van der Waals surface area contributed by atoms with Gasteiger partial charge in [-0.05, 0) is 23.8 Å². The Kier molecular flexibility index (Phi) is 3.66. The van der Waals surface area contributed by atoms with Gasteiger partial charge in [0.2, 0.25) is 0 Å². The zero-order valence-electron chi connectivity index (χ0n) is 9.27. The molecule has 1 aromatic carbocycles. The normalized spacial score (nSPS) is 12.7. The molecule has 1 atom stereocenters. The number of aromatic nitrogens is 3. The van der Waals surface area contributed by atoms with Gasteiger partial charge in [-0.3, -0.25) is 4.68 Å². The predicted octanol–water partition coefficient (Wildman–Crippen LogP) is 2.36. The summed E-state index contributed by atoms with van der Waals surface area (Å²) in [5, 5.41) is 5.23. The molecule has 0 amide bonds. The maximum absolute atomic E-state index is 6.10. The highest BCUT2D eigenvalue weighted by atomic mass is 35.5. The van der Waals surface area contributed by atoms with E-state index in [1.165, 1.54) is 6.33 Å². The lowest BCUT2D eigenvalue weighted by molar-refractivity contribution is 0.629. The van der Waals surface area contributed by atoms with Crippen molar-refractivity contribution >= 4 is 23.2 Å². The van der Waals surface area contributed by atoms with Crippen LogP contribution in [0.2, 0.25) is 10.0 Å². The van der Waals surface area contributed by atoms with E-state index in [9.17, 15) is 0 Å². The lowest BCUT2D eigenvalue weighted by Crippen LogP contribution is -2.16. The summed E-state index contributed by atoms with van der Waals surface area (Å²) in [6, 6.07) is 5.02. The van der Waals surface area contributed by atoms with Crippen LogP contribution in [0.5, 0.6) is 0 Å². The van der Waals surface area contributed by atoms with Crippen LogP contribution in [0.4, 0.5) is 0 Å². The molecule has 0 aliphatic carbocycles. The highest BCUT2D eigenvalue weighted by molar-refractivity contribution is 6.33.